The fourth-order valence-electron chi connectivity index (χ4n) is 6.16. The molecule has 2 aliphatic carbocycles. The third-order valence-electron chi connectivity index (χ3n) is 9.73. The number of amides is 2. The summed E-state index contributed by atoms with van der Waals surface area (Å²) in [6.45, 7) is 13.9. The molecule has 2 fully saturated rings. The first-order chi connectivity index (χ1) is 24.7. The van der Waals surface area contributed by atoms with Crippen LogP contribution in [0.5, 0.6) is 11.5 Å². The lowest BCUT2D eigenvalue weighted by molar-refractivity contribution is -0.125. The molecule has 2 amide bonds. The van der Waals surface area contributed by atoms with E-state index in [-0.39, 0.29) is 23.9 Å². The van der Waals surface area contributed by atoms with E-state index in [0.29, 0.717) is 23.1 Å². The summed E-state index contributed by atoms with van der Waals surface area (Å²) in [5, 5.41) is 8.98. The average Bonchev–Trinajstić information content (AvgIpc) is 3.92. The number of aromatic nitrogens is 1. The average molecular weight is 702 g/mol. The Hall–Kier alpha value is -3.98. The highest BCUT2D eigenvalue weighted by molar-refractivity contribution is 5.89. The number of halogens is 1. The molecule has 2 heterocycles. The molecule has 1 atom stereocenters. The summed E-state index contributed by atoms with van der Waals surface area (Å²) in [7, 11) is 0. The zero-order valence-electron chi connectivity index (χ0n) is 31.5. The molecule has 1 aromatic carbocycles. The molecule has 3 N–H and O–H groups in total. The van der Waals surface area contributed by atoms with E-state index in [0.717, 1.165) is 88.7 Å². The predicted octanol–water partition coefficient (Wildman–Crippen LogP) is 9.87. The second-order valence-corrected chi connectivity index (χ2v) is 14.0. The van der Waals surface area contributed by atoms with Gasteiger partial charge in [0.15, 0.2) is 11.6 Å². The van der Waals surface area contributed by atoms with Crippen molar-refractivity contribution >= 4 is 23.6 Å². The third kappa shape index (κ3) is 12.9. The molecule has 9 heteroatoms. The smallest absolute Gasteiger partial charge is 0.319 e. The minimum absolute atomic E-state index is 0.0905. The summed E-state index contributed by atoms with van der Waals surface area (Å²) < 4.78 is 20.7. The number of urea groups is 1. The number of Topliss-reactive ketones (excluding diaryl/α,β-unsaturated/α-hetero) is 1. The SMILES string of the molecule is CCCC/C(=C\c1nccc(Oc2ccc(NC(=O)NC3CC3)cc2F)c1C)C1C=CC(CC)=CN1.CCCN(CCC)CCC(=O)C1CCC1. The Morgan fingerprint density at radius 1 is 1.00 bits per heavy atom. The van der Waals surface area contributed by atoms with Gasteiger partial charge in [-0.3, -0.25) is 9.78 Å². The van der Waals surface area contributed by atoms with Gasteiger partial charge in [-0.25, -0.2) is 9.18 Å². The topological polar surface area (TPSA) is 95.6 Å². The molecule has 1 aliphatic heterocycles. The first kappa shape index (κ1) is 39.8. The van der Waals surface area contributed by atoms with Gasteiger partial charge < -0.3 is 25.6 Å². The number of hydrogen-bond acceptors (Lipinski definition) is 6. The molecule has 0 spiro atoms. The normalized spacial score (nSPS) is 17.1. The Kier molecular flexibility index (Phi) is 16.2. The van der Waals surface area contributed by atoms with E-state index < -0.39 is 5.82 Å². The van der Waals surface area contributed by atoms with Gasteiger partial charge in [0, 0.05) is 54.6 Å². The summed E-state index contributed by atoms with van der Waals surface area (Å²) in [5.74, 6) is 1.02. The van der Waals surface area contributed by atoms with Crippen LogP contribution in [0.4, 0.5) is 14.9 Å². The van der Waals surface area contributed by atoms with Gasteiger partial charge in [-0.1, -0.05) is 52.7 Å². The highest BCUT2D eigenvalue weighted by atomic mass is 19.1. The van der Waals surface area contributed by atoms with Crippen molar-refractivity contribution in [3.63, 3.8) is 0 Å². The van der Waals surface area contributed by atoms with Gasteiger partial charge in [0.05, 0.1) is 11.7 Å². The first-order valence-corrected chi connectivity index (χ1v) is 19.3. The monoisotopic (exact) mass is 701 g/mol. The van der Waals surface area contributed by atoms with Gasteiger partial charge in [0.25, 0.3) is 0 Å². The first-order valence-electron chi connectivity index (χ1n) is 19.3. The second kappa shape index (κ2) is 20.8. The molecule has 1 unspecified atom stereocenters. The number of carbonyl (C=O) groups excluding carboxylic acids is 2. The summed E-state index contributed by atoms with van der Waals surface area (Å²) >= 11 is 0. The Labute approximate surface area is 305 Å². The largest absolute Gasteiger partial charge is 0.454 e. The van der Waals surface area contributed by atoms with Crippen molar-refractivity contribution in [3.8, 4) is 11.5 Å². The van der Waals surface area contributed by atoms with E-state index in [2.05, 4.69) is 78.0 Å². The minimum atomic E-state index is -0.550. The zero-order chi connectivity index (χ0) is 36.6. The molecular weight excluding hydrogens is 641 g/mol. The molecule has 51 heavy (non-hydrogen) atoms. The van der Waals surface area contributed by atoms with Crippen LogP contribution in [0, 0.1) is 18.7 Å². The molecule has 0 saturated heterocycles. The van der Waals surface area contributed by atoms with E-state index in [4.69, 9.17) is 4.74 Å². The van der Waals surface area contributed by atoms with Crippen LogP contribution in [-0.2, 0) is 4.79 Å². The number of ether oxygens (including phenoxy) is 1. The second-order valence-electron chi connectivity index (χ2n) is 14.0. The molecule has 1 aromatic heterocycles. The molecule has 278 valence electrons. The van der Waals surface area contributed by atoms with Gasteiger partial charge >= 0.3 is 6.03 Å². The van der Waals surface area contributed by atoms with Crippen LogP contribution in [0.2, 0.25) is 0 Å². The van der Waals surface area contributed by atoms with Crippen molar-refractivity contribution in [1.82, 2.24) is 20.5 Å². The Morgan fingerprint density at radius 2 is 1.76 bits per heavy atom. The van der Waals surface area contributed by atoms with Crippen molar-refractivity contribution in [1.29, 1.82) is 0 Å². The number of pyridine rings is 1. The lowest BCUT2D eigenvalue weighted by Crippen LogP contribution is -2.31. The van der Waals surface area contributed by atoms with Crippen molar-refractivity contribution in [2.24, 2.45) is 5.92 Å². The Morgan fingerprint density at radius 3 is 2.35 bits per heavy atom. The van der Waals surface area contributed by atoms with Crippen molar-refractivity contribution in [3.05, 3.63) is 77.0 Å². The highest BCUT2D eigenvalue weighted by Crippen LogP contribution is 2.32. The number of nitrogens with one attached hydrogen (secondary N) is 3. The van der Waals surface area contributed by atoms with Gasteiger partial charge in [-0.2, -0.15) is 0 Å². The number of dihydropyridines is 1. The van der Waals surface area contributed by atoms with E-state index >= 15 is 0 Å². The van der Waals surface area contributed by atoms with Crippen molar-refractivity contribution < 1.29 is 18.7 Å². The van der Waals surface area contributed by atoms with E-state index in [1.54, 1.807) is 18.3 Å². The lowest BCUT2D eigenvalue weighted by atomic mass is 9.81. The number of nitrogens with zero attached hydrogens (tertiary/aromatic N) is 2. The molecule has 2 aromatic rings. The maximum absolute atomic E-state index is 14.8. The maximum Gasteiger partial charge on any atom is 0.319 e. The molecule has 3 aliphatic rings. The van der Waals surface area contributed by atoms with Crippen LogP contribution in [0.3, 0.4) is 0 Å². The molecule has 0 bridgehead atoms. The number of rotatable bonds is 18. The molecule has 2 saturated carbocycles. The van der Waals surface area contributed by atoms with Gasteiger partial charge in [0.1, 0.15) is 11.5 Å². The lowest BCUT2D eigenvalue weighted by Gasteiger charge is -2.26. The van der Waals surface area contributed by atoms with E-state index in [1.807, 2.05) is 6.92 Å². The molecule has 5 rings (SSSR count). The summed E-state index contributed by atoms with van der Waals surface area (Å²) in [6, 6.07) is 6.18. The third-order valence-corrected chi connectivity index (χ3v) is 9.73. The van der Waals surface area contributed by atoms with E-state index in [9.17, 15) is 14.0 Å². The summed E-state index contributed by atoms with van der Waals surface area (Å²) in [4.78, 5) is 30.7. The molecule has 0 radical (unpaired) electrons. The number of benzene rings is 1. The number of carbonyl (C=O) groups is 2. The Bertz CT molecular complexity index is 1520. The quantitative estimate of drug-likeness (QED) is 0.143. The number of allylic oxidation sites excluding steroid dienone is 2. The van der Waals surface area contributed by atoms with Crippen LogP contribution >= 0.6 is 0 Å². The van der Waals surface area contributed by atoms with Crippen LogP contribution in [-0.4, -0.2) is 53.4 Å². The number of ketones is 1. The number of anilines is 1. The van der Waals surface area contributed by atoms with Crippen LogP contribution in [0.15, 0.2) is 60.0 Å². The Balaban J connectivity index is 0.000000326. The summed E-state index contributed by atoms with van der Waals surface area (Å²) in [6.07, 6.45) is 23.1. The predicted molar refractivity (Wildman–Crippen MR) is 207 cm³/mol. The van der Waals surface area contributed by atoms with Gasteiger partial charge in [-0.05, 0) is 113 Å². The van der Waals surface area contributed by atoms with Gasteiger partial charge in [0.2, 0.25) is 0 Å². The van der Waals surface area contributed by atoms with Crippen molar-refractivity contribution in [2.45, 2.75) is 124 Å². The highest BCUT2D eigenvalue weighted by Gasteiger charge is 2.25. The van der Waals surface area contributed by atoms with Crippen LogP contribution in [0.25, 0.3) is 6.08 Å². The standard InChI is InChI=1S/C29H35FN4O2.C13H25NO/c1-4-6-7-21(25-12-8-20(5-2)18-32-25)16-26-19(3)27(14-15-31-26)36-28-13-11-23(17-24(28)30)34-29(35)33-22-9-10-22;1-3-9-14(10-4-2)11-8-13(15)12-6-5-7-12/h8,11-18,22,25,32H,4-7,9-10H2,1-3H3,(H2,33,34,35);12H,3-11H2,1-2H3/b21-16+;. The van der Waals surface area contributed by atoms with Crippen molar-refractivity contribution in [2.75, 3.05) is 25.0 Å². The minimum Gasteiger partial charge on any atom is -0.454 e. The van der Waals surface area contributed by atoms with E-state index in [1.165, 1.54) is 42.5 Å². The fourth-order valence-corrected chi connectivity index (χ4v) is 6.16. The fraction of sp³-hybridized carbons (Fsp3) is 0.548. The zero-order valence-corrected chi connectivity index (χ0v) is 31.5. The van der Waals surface area contributed by atoms with Crippen LogP contribution < -0.4 is 20.7 Å². The van der Waals surface area contributed by atoms with Gasteiger partial charge in [-0.15, -0.1) is 0 Å². The number of hydrogen-bond donors (Lipinski definition) is 3. The molecular formula is C42H60FN5O3. The van der Waals surface area contributed by atoms with Crippen LogP contribution in [0.1, 0.15) is 116 Å². The summed E-state index contributed by atoms with van der Waals surface area (Å²) in [5.41, 5.74) is 4.54. The maximum atomic E-state index is 14.8. The molecule has 8 nitrogen and oxygen atoms in total. The number of unbranched alkanes of at least 4 members (excludes halogenated alkanes) is 1.